The lowest BCUT2D eigenvalue weighted by Crippen LogP contribution is -2.26. The van der Waals surface area contributed by atoms with Gasteiger partial charge in [0.1, 0.15) is 5.82 Å². The lowest BCUT2D eigenvalue weighted by Gasteiger charge is -2.21. The van der Waals surface area contributed by atoms with Crippen LogP contribution in [-0.2, 0) is 10.0 Å². The van der Waals surface area contributed by atoms with E-state index in [1.165, 1.54) is 55.1 Å². The Morgan fingerprint density at radius 1 is 1.42 bits per heavy atom. The van der Waals surface area contributed by atoms with Crippen molar-refractivity contribution in [1.82, 2.24) is 5.01 Å². The topological polar surface area (TPSA) is 88.1 Å². The van der Waals surface area contributed by atoms with Gasteiger partial charge in [0.15, 0.2) is 0 Å². The molecule has 1 aliphatic carbocycles. The number of nitrogen functional groups attached to an aromatic ring is 1. The zero-order valence-corrected chi connectivity index (χ0v) is 14.7. The predicted octanol–water partition coefficient (Wildman–Crippen LogP) is 2.68. The van der Waals surface area contributed by atoms with Crippen LogP contribution in [0.5, 0.6) is 0 Å². The fourth-order valence-corrected chi connectivity index (χ4v) is 4.74. The Labute approximate surface area is 145 Å². The molecule has 1 aromatic carbocycles. The van der Waals surface area contributed by atoms with E-state index in [2.05, 4.69) is 9.50 Å². The highest BCUT2D eigenvalue weighted by Gasteiger charge is 2.37. The number of nitrogens with two attached hydrogens (primary N) is 1. The number of rotatable bonds is 5. The van der Waals surface area contributed by atoms with E-state index < -0.39 is 15.8 Å². The molecular weight excluding hydrogens is 351 g/mol. The molecule has 9 heteroatoms. The van der Waals surface area contributed by atoms with Gasteiger partial charge >= 0.3 is 0 Å². The minimum absolute atomic E-state index is 0.0972. The molecule has 1 heterocycles. The van der Waals surface area contributed by atoms with Gasteiger partial charge in [0, 0.05) is 18.2 Å². The Kier molecular flexibility index (Phi) is 4.82. The van der Waals surface area contributed by atoms with Gasteiger partial charge in [-0.15, -0.1) is 0 Å². The van der Waals surface area contributed by atoms with Crippen molar-refractivity contribution < 1.29 is 12.8 Å². The quantitative estimate of drug-likeness (QED) is 0.489. The minimum Gasteiger partial charge on any atom is -0.396 e. The Bertz CT molecular complexity index is 774. The van der Waals surface area contributed by atoms with E-state index in [-0.39, 0.29) is 16.0 Å². The number of thioether (sulfide) groups is 1. The van der Waals surface area contributed by atoms with Crippen LogP contribution in [0.4, 0.5) is 10.1 Å². The molecule has 2 N–H and O–H groups in total. The van der Waals surface area contributed by atoms with Gasteiger partial charge in [-0.3, -0.25) is 5.01 Å². The maximum atomic E-state index is 13.4. The van der Waals surface area contributed by atoms with E-state index in [0.29, 0.717) is 5.88 Å². The first-order valence-electron chi connectivity index (χ1n) is 7.66. The molecule has 1 aliphatic heterocycles. The summed E-state index contributed by atoms with van der Waals surface area (Å²) in [6.07, 6.45) is 6.85. The van der Waals surface area contributed by atoms with Crippen molar-refractivity contribution >= 4 is 39.2 Å². The van der Waals surface area contributed by atoms with Gasteiger partial charge in [0.2, 0.25) is 0 Å². The largest absolute Gasteiger partial charge is 0.396 e. The second-order valence-electron chi connectivity index (χ2n) is 6.14. The van der Waals surface area contributed by atoms with Gasteiger partial charge < -0.3 is 5.73 Å². The van der Waals surface area contributed by atoms with Gasteiger partial charge in [-0.05, 0) is 31.0 Å². The molecule has 0 bridgehead atoms. The van der Waals surface area contributed by atoms with E-state index >= 15 is 0 Å². The Morgan fingerprint density at radius 2 is 2.17 bits per heavy atom. The zero-order chi connectivity index (χ0) is 17.2. The molecule has 24 heavy (non-hydrogen) atoms. The summed E-state index contributed by atoms with van der Waals surface area (Å²) in [5.74, 6) is -0.236. The van der Waals surface area contributed by atoms with Gasteiger partial charge in [-0.25, -0.2) is 4.39 Å². The Morgan fingerprint density at radius 3 is 2.88 bits per heavy atom. The number of nitrogens with zero attached hydrogens (tertiary/aromatic N) is 3. The standard InChI is InChI=1S/C15H19FN4O2S2/c16-13-7-12(3-4-14(13)17)24(21,22)19-10-23-11-20-9-15(8-18-20)5-1-2-6-15/h3-4,7-8,10H,1-2,5-6,9,11,17H2/b19-10+. The molecule has 0 radical (unpaired) electrons. The Balaban J connectivity index is 1.54. The molecule has 0 aromatic heterocycles. The molecule has 3 rings (SSSR count). The lowest BCUT2D eigenvalue weighted by molar-refractivity contribution is 0.284. The monoisotopic (exact) mass is 370 g/mol. The first-order valence-corrected chi connectivity index (χ1v) is 10.1. The van der Waals surface area contributed by atoms with Gasteiger partial charge in [-0.2, -0.15) is 17.9 Å². The highest BCUT2D eigenvalue weighted by atomic mass is 32.2. The fraction of sp³-hybridized carbons (Fsp3) is 0.467. The highest BCUT2D eigenvalue weighted by molar-refractivity contribution is 8.12. The molecule has 1 saturated carbocycles. The predicted molar refractivity (Wildman–Crippen MR) is 95.0 cm³/mol. The third kappa shape index (κ3) is 3.72. The third-order valence-electron chi connectivity index (χ3n) is 4.34. The second-order valence-corrected chi connectivity index (χ2v) is 8.58. The SMILES string of the molecule is Nc1ccc(S(=O)(=O)/N=C/SCN2CC3(C=N2)CCCC3)cc1F. The minimum atomic E-state index is -3.92. The zero-order valence-electron chi connectivity index (χ0n) is 13.1. The first-order chi connectivity index (χ1) is 11.4. The van der Waals surface area contributed by atoms with Crippen LogP contribution in [-0.4, -0.2) is 37.6 Å². The van der Waals surface area contributed by atoms with E-state index in [1.807, 2.05) is 11.2 Å². The van der Waals surface area contributed by atoms with Crippen LogP contribution >= 0.6 is 11.8 Å². The average molecular weight is 370 g/mol. The summed E-state index contributed by atoms with van der Waals surface area (Å²) in [6, 6.07) is 3.33. The third-order valence-corrected chi connectivity index (χ3v) is 6.41. The maximum absolute atomic E-state index is 13.4. The van der Waals surface area contributed by atoms with Crippen LogP contribution in [0, 0.1) is 11.2 Å². The molecule has 6 nitrogen and oxygen atoms in total. The van der Waals surface area contributed by atoms with Crippen molar-refractivity contribution in [2.45, 2.75) is 30.6 Å². The molecule has 130 valence electrons. The van der Waals surface area contributed by atoms with Crippen molar-refractivity contribution in [2.24, 2.45) is 14.9 Å². The van der Waals surface area contributed by atoms with Crippen LogP contribution in [0.3, 0.4) is 0 Å². The summed E-state index contributed by atoms with van der Waals surface area (Å²) in [7, 11) is -3.92. The lowest BCUT2D eigenvalue weighted by atomic mass is 9.89. The number of hydrogen-bond acceptors (Lipinski definition) is 6. The van der Waals surface area contributed by atoms with E-state index in [1.54, 1.807) is 0 Å². The van der Waals surface area contributed by atoms with Crippen LogP contribution in [0.2, 0.25) is 0 Å². The summed E-state index contributed by atoms with van der Waals surface area (Å²) in [4.78, 5) is -0.213. The van der Waals surface area contributed by atoms with E-state index in [0.717, 1.165) is 12.6 Å². The summed E-state index contributed by atoms with van der Waals surface area (Å²) in [5, 5.41) is 6.33. The van der Waals surface area contributed by atoms with Crippen molar-refractivity contribution in [3.8, 4) is 0 Å². The van der Waals surface area contributed by atoms with Crippen molar-refractivity contribution in [1.29, 1.82) is 0 Å². The molecule has 1 aromatic rings. The molecule has 2 aliphatic rings. The average Bonchev–Trinajstić information content (AvgIpc) is 3.17. The van der Waals surface area contributed by atoms with Crippen LogP contribution in [0.15, 0.2) is 32.6 Å². The van der Waals surface area contributed by atoms with Crippen LogP contribution in [0.1, 0.15) is 25.7 Å². The number of anilines is 1. The van der Waals surface area contributed by atoms with Gasteiger partial charge in [0.05, 0.1) is 22.0 Å². The smallest absolute Gasteiger partial charge is 0.282 e. The van der Waals surface area contributed by atoms with Gasteiger partial charge in [-0.1, -0.05) is 24.6 Å². The number of benzene rings is 1. The molecule has 0 unspecified atom stereocenters. The molecule has 0 amide bonds. The fourth-order valence-electron chi connectivity index (χ4n) is 3.03. The van der Waals surface area contributed by atoms with Crippen molar-refractivity contribution in [3.63, 3.8) is 0 Å². The number of hydrazone groups is 1. The van der Waals surface area contributed by atoms with E-state index in [4.69, 9.17) is 5.73 Å². The van der Waals surface area contributed by atoms with Crippen molar-refractivity contribution in [2.75, 3.05) is 18.2 Å². The summed E-state index contributed by atoms with van der Waals surface area (Å²) >= 11 is 1.24. The molecule has 1 fully saturated rings. The molecule has 0 atom stereocenters. The van der Waals surface area contributed by atoms with Gasteiger partial charge in [0.25, 0.3) is 10.0 Å². The van der Waals surface area contributed by atoms with E-state index in [9.17, 15) is 12.8 Å². The first kappa shape index (κ1) is 17.2. The number of sulfonamides is 1. The second kappa shape index (κ2) is 6.72. The summed E-state index contributed by atoms with van der Waals surface area (Å²) in [6.45, 7) is 0.879. The molecule has 0 saturated heterocycles. The van der Waals surface area contributed by atoms with Crippen LogP contribution in [0.25, 0.3) is 0 Å². The molecular formula is C15H19FN4O2S2. The van der Waals surface area contributed by atoms with Crippen LogP contribution < -0.4 is 5.73 Å². The molecule has 1 spiro atoms. The summed E-state index contributed by atoms with van der Waals surface area (Å²) < 4.78 is 41.0. The highest BCUT2D eigenvalue weighted by Crippen LogP contribution is 2.40. The Hall–Kier alpha value is -1.61. The number of hydrogen-bond donors (Lipinski definition) is 1. The summed E-state index contributed by atoms with van der Waals surface area (Å²) in [5.41, 5.74) is 6.72. The van der Waals surface area contributed by atoms with Crippen molar-refractivity contribution in [3.05, 3.63) is 24.0 Å². The number of halogens is 1. The maximum Gasteiger partial charge on any atom is 0.282 e. The normalized spacial score (nSPS) is 19.8.